The van der Waals surface area contributed by atoms with Crippen LogP contribution in [0.4, 0.5) is 11.4 Å². The van der Waals surface area contributed by atoms with Gasteiger partial charge in [-0.25, -0.2) is 8.42 Å². The summed E-state index contributed by atoms with van der Waals surface area (Å²) in [5.74, 6) is -0.110. The second-order valence-electron chi connectivity index (χ2n) is 6.50. The number of para-hydroxylation sites is 1. The Hall–Kier alpha value is -2.98. The number of piperazine rings is 1. The van der Waals surface area contributed by atoms with Gasteiger partial charge < -0.3 is 9.80 Å². The van der Waals surface area contributed by atoms with Crippen LogP contribution in [0.25, 0.3) is 0 Å². The van der Waals surface area contributed by atoms with Crippen molar-refractivity contribution >= 4 is 27.3 Å². The number of rotatable bonds is 5. The van der Waals surface area contributed by atoms with Crippen LogP contribution in [-0.4, -0.2) is 62.3 Å². The van der Waals surface area contributed by atoms with E-state index in [0.717, 1.165) is 19.2 Å². The summed E-state index contributed by atoms with van der Waals surface area (Å²) in [5.41, 5.74) is 0.170. The largest absolute Gasteiger partial charge is 0.336 e. The Morgan fingerprint density at radius 1 is 1.04 bits per heavy atom. The first kappa shape index (κ1) is 19.8. The molecular weight excluding hydrogens is 384 g/mol. The summed E-state index contributed by atoms with van der Waals surface area (Å²) in [6, 6.07) is 11.1. The average molecular weight is 404 g/mol. The molecule has 0 saturated carbocycles. The Balaban J connectivity index is 1.75. The predicted octanol–water partition coefficient (Wildman–Crippen LogP) is 1.78. The topological polar surface area (TPSA) is 113 Å². The summed E-state index contributed by atoms with van der Waals surface area (Å²) < 4.78 is 27.4. The number of nitro benzene ring substituents is 1. The minimum Gasteiger partial charge on any atom is -0.336 e. The van der Waals surface area contributed by atoms with Gasteiger partial charge in [0.1, 0.15) is 0 Å². The van der Waals surface area contributed by atoms with E-state index in [0.29, 0.717) is 18.7 Å². The van der Waals surface area contributed by atoms with Crippen molar-refractivity contribution in [2.45, 2.75) is 4.90 Å². The quantitative estimate of drug-likeness (QED) is 0.600. The molecule has 0 atom stereocenters. The van der Waals surface area contributed by atoms with E-state index in [2.05, 4.69) is 9.62 Å². The van der Waals surface area contributed by atoms with Crippen LogP contribution >= 0.6 is 0 Å². The zero-order valence-corrected chi connectivity index (χ0v) is 16.1. The molecule has 28 heavy (non-hydrogen) atoms. The van der Waals surface area contributed by atoms with Gasteiger partial charge in [0.05, 0.1) is 4.92 Å². The SMILES string of the molecule is CN1CCN(C(=O)c2ccc(NS(=O)(=O)c3ccccc3[N+](=O)[O-])cc2)CC1. The first-order chi connectivity index (χ1) is 13.3. The number of amides is 1. The summed E-state index contributed by atoms with van der Waals surface area (Å²) in [4.78, 5) is 26.4. The molecule has 1 heterocycles. The summed E-state index contributed by atoms with van der Waals surface area (Å²) in [6.07, 6.45) is 0. The fraction of sp³-hybridized carbons (Fsp3) is 0.278. The molecule has 1 amide bonds. The summed E-state index contributed by atoms with van der Waals surface area (Å²) in [6.45, 7) is 2.89. The van der Waals surface area contributed by atoms with Crippen LogP contribution in [0, 0.1) is 10.1 Å². The molecule has 9 nitrogen and oxygen atoms in total. The van der Waals surface area contributed by atoms with Crippen LogP contribution < -0.4 is 4.72 Å². The van der Waals surface area contributed by atoms with Gasteiger partial charge in [-0.15, -0.1) is 0 Å². The maximum absolute atomic E-state index is 12.5. The molecular formula is C18H20N4O5S. The molecule has 0 unspecified atom stereocenters. The van der Waals surface area contributed by atoms with Gasteiger partial charge in [0.15, 0.2) is 4.90 Å². The molecule has 1 aliphatic heterocycles. The number of carbonyl (C=O) groups excluding carboxylic acids is 1. The zero-order chi connectivity index (χ0) is 20.3. The Morgan fingerprint density at radius 3 is 2.25 bits per heavy atom. The van der Waals surface area contributed by atoms with Gasteiger partial charge in [0.25, 0.3) is 21.6 Å². The number of nitrogens with one attached hydrogen (secondary N) is 1. The van der Waals surface area contributed by atoms with Crippen LogP contribution in [0.2, 0.25) is 0 Å². The number of carbonyl (C=O) groups is 1. The third-order valence-electron chi connectivity index (χ3n) is 4.53. The lowest BCUT2D eigenvalue weighted by Gasteiger charge is -2.32. The van der Waals surface area contributed by atoms with E-state index in [1.54, 1.807) is 4.90 Å². The van der Waals surface area contributed by atoms with Gasteiger partial charge in [0.2, 0.25) is 0 Å². The van der Waals surface area contributed by atoms with Crippen molar-refractivity contribution in [2.75, 3.05) is 37.9 Å². The van der Waals surface area contributed by atoms with Crippen LogP contribution in [-0.2, 0) is 10.0 Å². The molecule has 0 bridgehead atoms. The fourth-order valence-electron chi connectivity index (χ4n) is 2.92. The first-order valence-corrected chi connectivity index (χ1v) is 10.1. The van der Waals surface area contributed by atoms with E-state index < -0.39 is 25.5 Å². The Bertz CT molecular complexity index is 983. The molecule has 2 aromatic rings. The highest BCUT2D eigenvalue weighted by Crippen LogP contribution is 2.25. The van der Waals surface area contributed by atoms with Crippen LogP contribution in [0.1, 0.15) is 10.4 Å². The number of nitro groups is 1. The Morgan fingerprint density at radius 2 is 1.64 bits per heavy atom. The van der Waals surface area contributed by atoms with E-state index >= 15 is 0 Å². The lowest BCUT2D eigenvalue weighted by atomic mass is 10.1. The molecule has 148 valence electrons. The van der Waals surface area contributed by atoms with Gasteiger partial charge in [-0.3, -0.25) is 19.6 Å². The number of sulfonamides is 1. The van der Waals surface area contributed by atoms with Gasteiger partial charge in [-0.1, -0.05) is 12.1 Å². The maximum Gasteiger partial charge on any atom is 0.289 e. The summed E-state index contributed by atoms with van der Waals surface area (Å²) in [7, 11) is -2.14. The molecule has 0 radical (unpaired) electrons. The maximum atomic E-state index is 12.5. The van der Waals surface area contributed by atoms with E-state index in [1.807, 2.05) is 7.05 Å². The molecule has 1 N–H and O–H groups in total. The standard InChI is InChI=1S/C18H20N4O5S/c1-20-10-12-21(13-11-20)18(23)14-6-8-15(9-7-14)19-28(26,27)17-5-3-2-4-16(17)22(24)25/h2-9,19H,10-13H2,1H3. The van der Waals surface area contributed by atoms with Gasteiger partial charge in [-0.2, -0.15) is 0 Å². The van der Waals surface area contributed by atoms with E-state index in [4.69, 9.17) is 0 Å². The number of anilines is 1. The van der Waals surface area contributed by atoms with E-state index in [-0.39, 0.29) is 11.6 Å². The number of benzene rings is 2. The number of nitrogens with zero attached hydrogens (tertiary/aromatic N) is 3. The third-order valence-corrected chi connectivity index (χ3v) is 5.95. The van der Waals surface area contributed by atoms with Crippen LogP contribution in [0.3, 0.4) is 0 Å². The van der Waals surface area contributed by atoms with Gasteiger partial charge in [0, 0.05) is 43.5 Å². The second-order valence-corrected chi connectivity index (χ2v) is 8.15. The Labute approximate surface area is 162 Å². The number of hydrogen-bond donors (Lipinski definition) is 1. The van der Waals surface area contributed by atoms with E-state index in [9.17, 15) is 23.3 Å². The minimum atomic E-state index is -4.14. The summed E-state index contributed by atoms with van der Waals surface area (Å²) >= 11 is 0. The monoisotopic (exact) mass is 404 g/mol. The predicted molar refractivity (Wildman–Crippen MR) is 104 cm³/mol. The molecule has 1 saturated heterocycles. The van der Waals surface area contributed by atoms with E-state index in [1.165, 1.54) is 42.5 Å². The normalized spacial score (nSPS) is 15.2. The molecule has 0 aromatic heterocycles. The minimum absolute atomic E-state index is 0.110. The molecule has 1 fully saturated rings. The third kappa shape index (κ3) is 4.29. The fourth-order valence-corrected chi connectivity index (χ4v) is 4.15. The van der Waals surface area contributed by atoms with Crippen molar-refractivity contribution in [3.63, 3.8) is 0 Å². The molecule has 0 spiro atoms. The molecule has 0 aliphatic carbocycles. The average Bonchev–Trinajstić information content (AvgIpc) is 2.68. The van der Waals surface area contributed by atoms with Crippen molar-refractivity contribution in [2.24, 2.45) is 0 Å². The highest BCUT2D eigenvalue weighted by Gasteiger charge is 2.25. The van der Waals surface area contributed by atoms with Gasteiger partial charge in [-0.05, 0) is 37.4 Å². The zero-order valence-electron chi connectivity index (χ0n) is 15.2. The van der Waals surface area contributed by atoms with Crippen molar-refractivity contribution in [1.82, 2.24) is 9.80 Å². The molecule has 10 heteroatoms. The molecule has 2 aromatic carbocycles. The van der Waals surface area contributed by atoms with Gasteiger partial charge >= 0.3 is 0 Å². The molecule has 3 rings (SSSR count). The van der Waals surface area contributed by atoms with Crippen LogP contribution in [0.15, 0.2) is 53.4 Å². The first-order valence-electron chi connectivity index (χ1n) is 8.62. The second kappa shape index (κ2) is 7.95. The summed E-state index contributed by atoms with van der Waals surface area (Å²) in [5, 5.41) is 11.1. The smallest absolute Gasteiger partial charge is 0.289 e. The highest BCUT2D eigenvalue weighted by molar-refractivity contribution is 7.92. The molecule has 1 aliphatic rings. The lowest BCUT2D eigenvalue weighted by molar-refractivity contribution is -0.387. The highest BCUT2D eigenvalue weighted by atomic mass is 32.2. The lowest BCUT2D eigenvalue weighted by Crippen LogP contribution is -2.47. The Kier molecular flexibility index (Phi) is 5.61. The van der Waals surface area contributed by atoms with Crippen LogP contribution in [0.5, 0.6) is 0 Å². The number of likely N-dealkylation sites (N-methyl/N-ethyl adjacent to an activating group) is 1. The van der Waals surface area contributed by atoms with Crippen molar-refractivity contribution in [3.05, 3.63) is 64.2 Å². The van der Waals surface area contributed by atoms with Crippen molar-refractivity contribution in [3.8, 4) is 0 Å². The number of hydrogen-bond acceptors (Lipinski definition) is 6. The van der Waals surface area contributed by atoms with Crippen molar-refractivity contribution in [1.29, 1.82) is 0 Å². The van der Waals surface area contributed by atoms with Crippen molar-refractivity contribution < 1.29 is 18.1 Å².